The Kier molecular flexibility index (Phi) is 2.61. The maximum atomic E-state index is 10.3. The van der Waals surface area contributed by atoms with Crippen molar-refractivity contribution in [2.75, 3.05) is 0 Å². The van der Waals surface area contributed by atoms with Gasteiger partial charge in [-0.05, 0) is 50.4 Å². The zero-order valence-electron chi connectivity index (χ0n) is 9.24. The molecule has 0 saturated heterocycles. The van der Waals surface area contributed by atoms with Crippen LogP contribution in [0.2, 0.25) is 0 Å². The topological polar surface area (TPSA) is 40.5 Å². The van der Waals surface area contributed by atoms with Gasteiger partial charge in [-0.3, -0.25) is 0 Å². The van der Waals surface area contributed by atoms with E-state index in [-0.39, 0.29) is 6.10 Å². The van der Waals surface area contributed by atoms with Crippen molar-refractivity contribution < 1.29 is 10.2 Å². The molecule has 0 radical (unpaired) electrons. The lowest BCUT2D eigenvalue weighted by Gasteiger charge is -2.32. The molecule has 2 N–H and O–H groups in total. The SMILES string of the molecule is CC1CCC2C1CC(O)CCC2(C)O. The standard InChI is InChI=1S/C12H22O2/c1-8-3-4-11-10(8)7-9(13)5-6-12(11,2)14/h8-11,13-14H,3-7H2,1-2H3. The van der Waals surface area contributed by atoms with E-state index in [0.29, 0.717) is 17.8 Å². The third-order valence-corrected chi connectivity index (χ3v) is 4.51. The molecule has 0 amide bonds. The molecule has 0 aromatic carbocycles. The first kappa shape index (κ1) is 10.4. The number of aliphatic hydroxyl groups excluding tert-OH is 1. The van der Waals surface area contributed by atoms with E-state index in [2.05, 4.69) is 6.92 Å². The highest BCUT2D eigenvalue weighted by atomic mass is 16.3. The normalized spacial score (nSPS) is 54.0. The average Bonchev–Trinajstić information content (AvgIpc) is 2.40. The van der Waals surface area contributed by atoms with Gasteiger partial charge < -0.3 is 10.2 Å². The van der Waals surface area contributed by atoms with Crippen molar-refractivity contribution in [3.63, 3.8) is 0 Å². The summed E-state index contributed by atoms with van der Waals surface area (Å²) in [5.74, 6) is 1.65. The maximum absolute atomic E-state index is 10.3. The highest BCUT2D eigenvalue weighted by Gasteiger charge is 2.46. The van der Waals surface area contributed by atoms with Crippen molar-refractivity contribution >= 4 is 0 Å². The van der Waals surface area contributed by atoms with Gasteiger partial charge in [0, 0.05) is 0 Å². The minimum absolute atomic E-state index is 0.183. The molecule has 2 aliphatic rings. The van der Waals surface area contributed by atoms with E-state index in [1.165, 1.54) is 6.42 Å². The van der Waals surface area contributed by atoms with Crippen LogP contribution < -0.4 is 0 Å². The number of fused-ring (bicyclic) bond motifs is 1. The number of rotatable bonds is 0. The van der Waals surface area contributed by atoms with Crippen LogP contribution in [0.3, 0.4) is 0 Å². The fourth-order valence-corrected chi connectivity index (χ4v) is 3.51. The van der Waals surface area contributed by atoms with Crippen molar-refractivity contribution in [3.05, 3.63) is 0 Å². The molecule has 2 rings (SSSR count). The van der Waals surface area contributed by atoms with E-state index in [9.17, 15) is 10.2 Å². The van der Waals surface area contributed by atoms with Gasteiger partial charge in [0.15, 0.2) is 0 Å². The predicted octanol–water partition coefficient (Wildman–Crippen LogP) is 1.94. The van der Waals surface area contributed by atoms with Gasteiger partial charge in [-0.25, -0.2) is 0 Å². The Bertz CT molecular complexity index is 212. The van der Waals surface area contributed by atoms with Gasteiger partial charge in [0.25, 0.3) is 0 Å². The molecular weight excluding hydrogens is 176 g/mol. The van der Waals surface area contributed by atoms with Gasteiger partial charge in [0.1, 0.15) is 0 Å². The number of aliphatic hydroxyl groups is 2. The van der Waals surface area contributed by atoms with Crippen molar-refractivity contribution in [1.82, 2.24) is 0 Å². The number of hydrogen-bond donors (Lipinski definition) is 2. The molecule has 0 aliphatic heterocycles. The van der Waals surface area contributed by atoms with Crippen LogP contribution in [0.1, 0.15) is 46.0 Å². The summed E-state index contributed by atoms with van der Waals surface area (Å²) in [6, 6.07) is 0. The van der Waals surface area contributed by atoms with Crippen LogP contribution in [0.4, 0.5) is 0 Å². The van der Waals surface area contributed by atoms with E-state index in [1.54, 1.807) is 0 Å². The molecule has 2 aliphatic carbocycles. The maximum Gasteiger partial charge on any atom is 0.0651 e. The molecule has 5 unspecified atom stereocenters. The van der Waals surface area contributed by atoms with Gasteiger partial charge in [-0.15, -0.1) is 0 Å². The lowest BCUT2D eigenvalue weighted by atomic mass is 9.78. The Labute approximate surface area is 86.3 Å². The molecule has 0 heterocycles. The van der Waals surface area contributed by atoms with E-state index in [1.807, 2.05) is 6.92 Å². The van der Waals surface area contributed by atoms with Crippen LogP contribution in [0.25, 0.3) is 0 Å². The molecule has 2 nitrogen and oxygen atoms in total. The van der Waals surface area contributed by atoms with Crippen LogP contribution >= 0.6 is 0 Å². The van der Waals surface area contributed by atoms with Crippen molar-refractivity contribution in [1.29, 1.82) is 0 Å². The lowest BCUT2D eigenvalue weighted by molar-refractivity contribution is -0.0208. The highest BCUT2D eigenvalue weighted by Crippen LogP contribution is 2.48. The van der Waals surface area contributed by atoms with Crippen LogP contribution in [-0.2, 0) is 0 Å². The Morgan fingerprint density at radius 3 is 2.64 bits per heavy atom. The molecule has 14 heavy (non-hydrogen) atoms. The van der Waals surface area contributed by atoms with E-state index in [4.69, 9.17) is 0 Å². The number of hydrogen-bond acceptors (Lipinski definition) is 2. The van der Waals surface area contributed by atoms with Gasteiger partial charge >= 0.3 is 0 Å². The van der Waals surface area contributed by atoms with Gasteiger partial charge in [-0.1, -0.05) is 13.3 Å². The van der Waals surface area contributed by atoms with Crippen LogP contribution in [-0.4, -0.2) is 21.9 Å². The Morgan fingerprint density at radius 2 is 1.93 bits per heavy atom. The monoisotopic (exact) mass is 198 g/mol. The molecule has 2 fully saturated rings. The second-order valence-corrected chi connectivity index (χ2v) is 5.61. The first-order valence-electron chi connectivity index (χ1n) is 5.91. The summed E-state index contributed by atoms with van der Waals surface area (Å²) in [4.78, 5) is 0. The second kappa shape index (κ2) is 3.49. The molecular formula is C12H22O2. The zero-order chi connectivity index (χ0) is 10.3. The summed E-state index contributed by atoms with van der Waals surface area (Å²) in [5, 5.41) is 20.1. The molecule has 0 aromatic rings. The van der Waals surface area contributed by atoms with Crippen LogP contribution in [0.15, 0.2) is 0 Å². The van der Waals surface area contributed by atoms with Crippen LogP contribution in [0.5, 0.6) is 0 Å². The molecule has 0 bridgehead atoms. The minimum atomic E-state index is -0.535. The third kappa shape index (κ3) is 1.70. The summed E-state index contributed by atoms with van der Waals surface area (Å²) >= 11 is 0. The largest absolute Gasteiger partial charge is 0.393 e. The molecule has 5 atom stereocenters. The van der Waals surface area contributed by atoms with E-state index < -0.39 is 5.60 Å². The zero-order valence-corrected chi connectivity index (χ0v) is 9.24. The molecule has 0 spiro atoms. The Hall–Kier alpha value is -0.0800. The summed E-state index contributed by atoms with van der Waals surface area (Å²) in [7, 11) is 0. The van der Waals surface area contributed by atoms with Gasteiger partial charge in [-0.2, -0.15) is 0 Å². The van der Waals surface area contributed by atoms with Gasteiger partial charge in [0.2, 0.25) is 0 Å². The van der Waals surface area contributed by atoms with Crippen LogP contribution in [0, 0.1) is 17.8 Å². The summed E-state index contributed by atoms with van der Waals surface area (Å²) in [6.45, 7) is 4.22. The van der Waals surface area contributed by atoms with Crippen molar-refractivity contribution in [3.8, 4) is 0 Å². The van der Waals surface area contributed by atoms with E-state index >= 15 is 0 Å². The Balaban J connectivity index is 2.20. The van der Waals surface area contributed by atoms with E-state index in [0.717, 1.165) is 25.7 Å². The first-order chi connectivity index (χ1) is 6.50. The quantitative estimate of drug-likeness (QED) is 0.624. The molecule has 0 aromatic heterocycles. The van der Waals surface area contributed by atoms with Crippen molar-refractivity contribution in [2.24, 2.45) is 17.8 Å². The summed E-state index contributed by atoms with van der Waals surface area (Å²) in [5.41, 5.74) is -0.535. The second-order valence-electron chi connectivity index (χ2n) is 5.61. The lowest BCUT2D eigenvalue weighted by Crippen LogP contribution is -2.36. The Morgan fingerprint density at radius 1 is 1.21 bits per heavy atom. The smallest absolute Gasteiger partial charge is 0.0651 e. The average molecular weight is 198 g/mol. The third-order valence-electron chi connectivity index (χ3n) is 4.51. The van der Waals surface area contributed by atoms with Gasteiger partial charge in [0.05, 0.1) is 11.7 Å². The first-order valence-corrected chi connectivity index (χ1v) is 5.91. The fourth-order valence-electron chi connectivity index (χ4n) is 3.51. The van der Waals surface area contributed by atoms with Crippen molar-refractivity contribution in [2.45, 2.75) is 57.7 Å². The summed E-state index contributed by atoms with van der Waals surface area (Å²) in [6.07, 6.45) is 4.62. The predicted molar refractivity (Wildman–Crippen MR) is 55.9 cm³/mol. The fraction of sp³-hybridized carbons (Fsp3) is 1.00. The highest BCUT2D eigenvalue weighted by molar-refractivity contribution is 4.97. The summed E-state index contributed by atoms with van der Waals surface area (Å²) < 4.78 is 0. The molecule has 2 heteroatoms. The molecule has 2 saturated carbocycles. The molecule has 82 valence electrons. The minimum Gasteiger partial charge on any atom is -0.393 e.